The fraction of sp³-hybridized carbons (Fsp3) is 0.500. The molecule has 8 nitrogen and oxygen atoms in total. The van der Waals surface area contributed by atoms with Crippen LogP contribution in [0.25, 0.3) is 0 Å². The number of urea groups is 1. The van der Waals surface area contributed by atoms with Gasteiger partial charge in [-0.1, -0.05) is 6.42 Å². The predicted molar refractivity (Wildman–Crippen MR) is 87.4 cm³/mol. The van der Waals surface area contributed by atoms with E-state index < -0.39 is 0 Å². The molecule has 3 rings (SSSR count). The van der Waals surface area contributed by atoms with Crippen LogP contribution in [-0.4, -0.2) is 32.9 Å². The lowest BCUT2D eigenvalue weighted by atomic mass is 10.2. The highest BCUT2D eigenvalue weighted by Gasteiger charge is 2.14. The van der Waals surface area contributed by atoms with Gasteiger partial charge in [0, 0.05) is 31.8 Å². The van der Waals surface area contributed by atoms with Crippen LogP contribution in [0.15, 0.2) is 18.3 Å². The van der Waals surface area contributed by atoms with Crippen LogP contribution >= 0.6 is 0 Å². The van der Waals surface area contributed by atoms with Gasteiger partial charge in [0.1, 0.15) is 5.82 Å². The van der Waals surface area contributed by atoms with Crippen molar-refractivity contribution >= 4 is 6.03 Å². The van der Waals surface area contributed by atoms with Crippen LogP contribution < -0.4 is 15.4 Å². The van der Waals surface area contributed by atoms with E-state index in [1.807, 2.05) is 6.07 Å². The molecule has 2 amide bonds. The molecule has 1 aliphatic heterocycles. The first-order valence-electron chi connectivity index (χ1n) is 8.18. The van der Waals surface area contributed by atoms with Crippen molar-refractivity contribution in [3.05, 3.63) is 35.5 Å². The number of pyridine rings is 1. The molecular formula is C16H22N6O2. The molecule has 2 aromatic rings. The Kier molecular flexibility index (Phi) is 5.25. The van der Waals surface area contributed by atoms with E-state index in [2.05, 4.69) is 30.4 Å². The quantitative estimate of drug-likeness (QED) is 0.864. The van der Waals surface area contributed by atoms with Gasteiger partial charge in [0.15, 0.2) is 5.82 Å². The first-order chi connectivity index (χ1) is 11.8. The smallest absolute Gasteiger partial charge is 0.315 e. The summed E-state index contributed by atoms with van der Waals surface area (Å²) in [6.45, 7) is 1.71. The number of aryl methyl sites for hydroxylation is 1. The van der Waals surface area contributed by atoms with Gasteiger partial charge >= 0.3 is 6.03 Å². The zero-order chi connectivity index (χ0) is 16.8. The lowest BCUT2D eigenvalue weighted by molar-refractivity contribution is 0.239. The molecule has 2 aromatic heterocycles. The molecule has 0 atom stereocenters. The average Bonchev–Trinajstić information content (AvgIpc) is 2.84. The molecule has 0 radical (unpaired) electrons. The van der Waals surface area contributed by atoms with E-state index in [4.69, 9.17) is 4.74 Å². The van der Waals surface area contributed by atoms with Crippen molar-refractivity contribution in [3.63, 3.8) is 0 Å². The molecule has 0 saturated carbocycles. The number of nitrogens with one attached hydrogen (secondary N) is 2. The van der Waals surface area contributed by atoms with Gasteiger partial charge < -0.3 is 19.9 Å². The highest BCUT2D eigenvalue weighted by atomic mass is 16.5. The number of nitrogens with zero attached hydrogens (tertiary/aromatic N) is 4. The summed E-state index contributed by atoms with van der Waals surface area (Å²) >= 11 is 0. The first kappa shape index (κ1) is 16.2. The van der Waals surface area contributed by atoms with Gasteiger partial charge in [-0.15, -0.1) is 10.2 Å². The summed E-state index contributed by atoms with van der Waals surface area (Å²) in [7, 11) is 1.56. The molecule has 0 aromatic carbocycles. The van der Waals surface area contributed by atoms with E-state index in [1.54, 1.807) is 19.4 Å². The van der Waals surface area contributed by atoms with Crippen LogP contribution in [0.2, 0.25) is 0 Å². The Morgan fingerprint density at radius 3 is 3.00 bits per heavy atom. The lowest BCUT2D eigenvalue weighted by Gasteiger charge is -2.10. The minimum atomic E-state index is -0.239. The Hall–Kier alpha value is -2.64. The van der Waals surface area contributed by atoms with Gasteiger partial charge in [-0.2, -0.15) is 0 Å². The molecule has 2 N–H and O–H groups in total. The number of rotatable bonds is 5. The zero-order valence-corrected chi connectivity index (χ0v) is 13.8. The van der Waals surface area contributed by atoms with Crippen LogP contribution in [0.4, 0.5) is 4.79 Å². The number of fused-ring (bicyclic) bond motifs is 1. The van der Waals surface area contributed by atoms with Gasteiger partial charge in [0.2, 0.25) is 5.88 Å². The third kappa shape index (κ3) is 4.01. The second-order valence-electron chi connectivity index (χ2n) is 5.74. The Morgan fingerprint density at radius 1 is 1.25 bits per heavy atom. The molecule has 0 saturated heterocycles. The summed E-state index contributed by atoms with van der Waals surface area (Å²) in [6, 6.07) is 3.39. The number of hydrogen-bond donors (Lipinski definition) is 2. The van der Waals surface area contributed by atoms with Crippen molar-refractivity contribution in [3.8, 4) is 5.88 Å². The van der Waals surface area contributed by atoms with Crippen molar-refractivity contribution < 1.29 is 9.53 Å². The number of amides is 2. The molecule has 0 spiro atoms. The van der Waals surface area contributed by atoms with Gasteiger partial charge in [-0.25, -0.2) is 9.78 Å². The third-order valence-corrected chi connectivity index (χ3v) is 4.05. The van der Waals surface area contributed by atoms with Crippen LogP contribution in [0.1, 0.15) is 36.5 Å². The van der Waals surface area contributed by atoms with Crippen LogP contribution in [0.3, 0.4) is 0 Å². The Bertz CT molecular complexity index is 700. The second kappa shape index (κ2) is 7.76. The second-order valence-corrected chi connectivity index (χ2v) is 5.74. The molecule has 3 heterocycles. The van der Waals surface area contributed by atoms with Gasteiger partial charge in [0.25, 0.3) is 0 Å². The maximum Gasteiger partial charge on any atom is 0.315 e. The molecule has 24 heavy (non-hydrogen) atoms. The highest BCUT2D eigenvalue weighted by molar-refractivity contribution is 5.73. The predicted octanol–water partition coefficient (Wildman–Crippen LogP) is 1.41. The summed E-state index contributed by atoms with van der Waals surface area (Å²) in [5.41, 5.74) is 0.924. The van der Waals surface area contributed by atoms with E-state index in [0.717, 1.165) is 43.0 Å². The molecule has 0 fully saturated rings. The first-order valence-corrected chi connectivity index (χ1v) is 8.18. The fourth-order valence-corrected chi connectivity index (χ4v) is 2.75. The summed E-state index contributed by atoms with van der Waals surface area (Å²) in [5, 5.41) is 14.1. The minimum Gasteiger partial charge on any atom is -0.481 e. The van der Waals surface area contributed by atoms with Gasteiger partial charge in [-0.3, -0.25) is 0 Å². The van der Waals surface area contributed by atoms with Gasteiger partial charge in [0.05, 0.1) is 13.7 Å². The van der Waals surface area contributed by atoms with E-state index in [-0.39, 0.29) is 6.03 Å². The maximum atomic E-state index is 12.0. The summed E-state index contributed by atoms with van der Waals surface area (Å²) < 4.78 is 7.19. The number of methoxy groups -OCH3 is 1. The Labute approximate surface area is 140 Å². The number of carbonyl (C=O) groups excluding carboxylic acids is 1. The lowest BCUT2D eigenvalue weighted by Crippen LogP contribution is -2.35. The van der Waals surface area contributed by atoms with Crippen molar-refractivity contribution in [1.82, 2.24) is 30.4 Å². The SMILES string of the molecule is COc1cc(CNC(=O)NCc2nnc3n2CCCCC3)ccn1. The van der Waals surface area contributed by atoms with Crippen molar-refractivity contribution in [2.45, 2.75) is 45.3 Å². The number of carbonyl (C=O) groups is 1. The van der Waals surface area contributed by atoms with Crippen molar-refractivity contribution in [2.75, 3.05) is 7.11 Å². The number of aromatic nitrogens is 4. The minimum absolute atomic E-state index is 0.239. The molecule has 0 unspecified atom stereocenters. The normalized spacial score (nSPS) is 13.7. The largest absolute Gasteiger partial charge is 0.481 e. The highest BCUT2D eigenvalue weighted by Crippen LogP contribution is 2.14. The molecular weight excluding hydrogens is 308 g/mol. The van der Waals surface area contributed by atoms with Crippen LogP contribution in [0.5, 0.6) is 5.88 Å². The summed E-state index contributed by atoms with van der Waals surface area (Å²) in [5.74, 6) is 2.36. The summed E-state index contributed by atoms with van der Waals surface area (Å²) in [4.78, 5) is 16.0. The molecule has 8 heteroatoms. The Morgan fingerprint density at radius 2 is 2.12 bits per heavy atom. The summed E-state index contributed by atoms with van der Waals surface area (Å²) in [6.07, 6.45) is 6.12. The number of hydrogen-bond acceptors (Lipinski definition) is 5. The zero-order valence-electron chi connectivity index (χ0n) is 13.8. The monoisotopic (exact) mass is 330 g/mol. The van der Waals surface area contributed by atoms with Crippen molar-refractivity contribution in [2.24, 2.45) is 0 Å². The molecule has 0 bridgehead atoms. The maximum absolute atomic E-state index is 12.0. The standard InChI is InChI=1S/C16H22N6O2/c1-24-15-9-12(6-7-17-15)10-18-16(23)19-11-14-21-20-13-5-3-2-4-8-22(13)14/h6-7,9H,2-5,8,10-11H2,1H3,(H2,18,19,23). The van der Waals surface area contributed by atoms with E-state index in [0.29, 0.717) is 19.0 Å². The molecule has 1 aliphatic rings. The van der Waals surface area contributed by atoms with E-state index in [9.17, 15) is 4.79 Å². The van der Waals surface area contributed by atoms with Crippen molar-refractivity contribution in [1.29, 1.82) is 0 Å². The topological polar surface area (TPSA) is 94.0 Å². The van der Waals surface area contributed by atoms with E-state index >= 15 is 0 Å². The average molecular weight is 330 g/mol. The Balaban J connectivity index is 1.50. The molecule has 128 valence electrons. The van der Waals surface area contributed by atoms with Crippen LogP contribution in [0, 0.1) is 0 Å². The van der Waals surface area contributed by atoms with E-state index in [1.165, 1.54) is 6.42 Å². The molecule has 0 aliphatic carbocycles. The third-order valence-electron chi connectivity index (χ3n) is 4.05. The van der Waals surface area contributed by atoms with Crippen LogP contribution in [-0.2, 0) is 26.1 Å². The van der Waals surface area contributed by atoms with Gasteiger partial charge in [-0.05, 0) is 24.5 Å². The fourth-order valence-electron chi connectivity index (χ4n) is 2.75. The number of ether oxygens (including phenoxy) is 1.